The normalized spacial score (nSPS) is 25.1. The third kappa shape index (κ3) is 2.02. The first-order chi connectivity index (χ1) is 7.56. The van der Waals surface area contributed by atoms with E-state index < -0.39 is 0 Å². The van der Waals surface area contributed by atoms with Crippen LogP contribution in [0.25, 0.3) is 0 Å². The average molecular weight is 240 g/mol. The van der Waals surface area contributed by atoms with Gasteiger partial charge in [0.15, 0.2) is 0 Å². The molecule has 3 nitrogen and oxygen atoms in total. The minimum Gasteiger partial charge on any atom is -0.370 e. The summed E-state index contributed by atoms with van der Waals surface area (Å²) in [6.07, 6.45) is 2.94. The first-order valence-corrected chi connectivity index (χ1v) is 6.00. The van der Waals surface area contributed by atoms with Crippen molar-refractivity contribution in [1.29, 1.82) is 0 Å². The Morgan fingerprint density at radius 3 is 3.00 bits per heavy atom. The van der Waals surface area contributed by atoms with Gasteiger partial charge in [-0.15, -0.1) is 0 Å². The molecule has 0 bridgehead atoms. The molecule has 1 saturated heterocycles. The van der Waals surface area contributed by atoms with Crippen LogP contribution >= 0.6 is 11.6 Å². The van der Waals surface area contributed by atoms with E-state index in [1.807, 2.05) is 19.2 Å². The van der Waals surface area contributed by atoms with Crippen molar-refractivity contribution in [1.82, 2.24) is 4.98 Å². The van der Waals surface area contributed by atoms with Crippen LogP contribution in [0.4, 0.5) is 5.69 Å². The van der Waals surface area contributed by atoms with Crippen LogP contribution in [-0.2, 0) is 0 Å². The van der Waals surface area contributed by atoms with Crippen molar-refractivity contribution in [2.24, 2.45) is 11.1 Å². The number of aromatic nitrogens is 1. The molecule has 2 heterocycles. The summed E-state index contributed by atoms with van der Waals surface area (Å²) >= 11 is 6.27. The van der Waals surface area contributed by atoms with Gasteiger partial charge in [-0.25, -0.2) is 0 Å². The van der Waals surface area contributed by atoms with Crippen LogP contribution in [0.15, 0.2) is 12.3 Å². The lowest BCUT2D eigenvalue weighted by Gasteiger charge is -2.24. The van der Waals surface area contributed by atoms with Crippen LogP contribution in [0.3, 0.4) is 0 Å². The van der Waals surface area contributed by atoms with E-state index in [2.05, 4.69) is 16.8 Å². The van der Waals surface area contributed by atoms with Crippen LogP contribution < -0.4 is 10.6 Å². The summed E-state index contributed by atoms with van der Waals surface area (Å²) in [5.74, 6) is 0. The van der Waals surface area contributed by atoms with Gasteiger partial charge < -0.3 is 10.6 Å². The fourth-order valence-electron chi connectivity index (χ4n) is 2.18. The van der Waals surface area contributed by atoms with Gasteiger partial charge in [0.2, 0.25) is 0 Å². The molecule has 0 aliphatic carbocycles. The second kappa shape index (κ2) is 4.22. The highest BCUT2D eigenvalue weighted by atomic mass is 35.5. The maximum Gasteiger partial charge on any atom is 0.0851 e. The molecule has 0 spiro atoms. The van der Waals surface area contributed by atoms with Crippen LogP contribution in [-0.4, -0.2) is 24.6 Å². The van der Waals surface area contributed by atoms with Gasteiger partial charge in [0, 0.05) is 19.3 Å². The van der Waals surface area contributed by atoms with E-state index in [4.69, 9.17) is 17.3 Å². The van der Waals surface area contributed by atoms with E-state index in [0.717, 1.165) is 42.5 Å². The molecule has 1 aliphatic rings. The number of nitrogens with zero attached hydrogens (tertiary/aromatic N) is 2. The number of hydrogen-bond donors (Lipinski definition) is 1. The molecule has 2 rings (SSSR count). The average Bonchev–Trinajstić information content (AvgIpc) is 2.66. The zero-order valence-corrected chi connectivity index (χ0v) is 10.6. The number of nitrogens with two attached hydrogens (primary N) is 1. The summed E-state index contributed by atoms with van der Waals surface area (Å²) in [6, 6.07) is 1.98. The van der Waals surface area contributed by atoms with Crippen LogP contribution in [0.5, 0.6) is 0 Å². The Morgan fingerprint density at radius 2 is 2.38 bits per heavy atom. The van der Waals surface area contributed by atoms with Crippen LogP contribution in [0.1, 0.15) is 19.0 Å². The topological polar surface area (TPSA) is 42.2 Å². The number of halogens is 1. The standard InChI is InChI=1S/C12H18ClN3/c1-9-11(13)10(3-5-15-9)16-6-4-12(2,7-14)8-16/h3,5H,4,6-8,14H2,1-2H3. The molecule has 4 heteroatoms. The molecule has 0 aromatic carbocycles. The highest BCUT2D eigenvalue weighted by molar-refractivity contribution is 6.33. The maximum atomic E-state index is 6.27. The predicted molar refractivity (Wildman–Crippen MR) is 68.0 cm³/mol. The molecular weight excluding hydrogens is 222 g/mol. The lowest BCUT2D eigenvalue weighted by atomic mass is 9.90. The molecule has 0 amide bonds. The number of anilines is 1. The van der Waals surface area contributed by atoms with Crippen LogP contribution in [0.2, 0.25) is 5.02 Å². The van der Waals surface area contributed by atoms with Gasteiger partial charge in [-0.3, -0.25) is 4.98 Å². The van der Waals surface area contributed by atoms with Crippen molar-refractivity contribution in [2.75, 3.05) is 24.5 Å². The molecule has 1 atom stereocenters. The summed E-state index contributed by atoms with van der Waals surface area (Å²) in [5, 5.41) is 0.767. The number of aryl methyl sites for hydroxylation is 1. The molecule has 88 valence electrons. The van der Waals surface area contributed by atoms with Gasteiger partial charge in [-0.1, -0.05) is 18.5 Å². The Bertz CT molecular complexity index is 394. The third-order valence-electron chi connectivity index (χ3n) is 3.43. The fourth-order valence-corrected chi connectivity index (χ4v) is 2.41. The molecular formula is C12H18ClN3. The summed E-state index contributed by atoms with van der Waals surface area (Å²) in [4.78, 5) is 6.49. The van der Waals surface area contributed by atoms with E-state index in [1.165, 1.54) is 0 Å². The molecule has 2 N–H and O–H groups in total. The molecule has 1 unspecified atom stereocenters. The van der Waals surface area contributed by atoms with Gasteiger partial charge in [0.05, 0.1) is 16.4 Å². The Hall–Kier alpha value is -0.800. The number of rotatable bonds is 2. The van der Waals surface area contributed by atoms with E-state index >= 15 is 0 Å². The van der Waals surface area contributed by atoms with Crippen molar-refractivity contribution in [3.05, 3.63) is 23.0 Å². The fraction of sp³-hybridized carbons (Fsp3) is 0.583. The molecule has 1 fully saturated rings. The summed E-state index contributed by atoms with van der Waals surface area (Å²) < 4.78 is 0. The summed E-state index contributed by atoms with van der Waals surface area (Å²) in [6.45, 7) is 6.90. The van der Waals surface area contributed by atoms with Crippen molar-refractivity contribution in [2.45, 2.75) is 20.3 Å². The second-order valence-electron chi connectivity index (χ2n) is 4.92. The maximum absolute atomic E-state index is 6.27. The second-order valence-corrected chi connectivity index (χ2v) is 5.29. The number of hydrogen-bond acceptors (Lipinski definition) is 3. The van der Waals surface area contributed by atoms with Crippen molar-refractivity contribution in [3.8, 4) is 0 Å². The van der Waals surface area contributed by atoms with Gasteiger partial charge in [0.1, 0.15) is 0 Å². The summed E-state index contributed by atoms with van der Waals surface area (Å²) in [5.41, 5.74) is 8.01. The third-order valence-corrected chi connectivity index (χ3v) is 3.90. The monoisotopic (exact) mass is 239 g/mol. The van der Waals surface area contributed by atoms with E-state index in [0.29, 0.717) is 0 Å². The molecule has 0 saturated carbocycles. The first-order valence-electron chi connectivity index (χ1n) is 5.62. The molecule has 1 aromatic heterocycles. The Balaban J connectivity index is 2.24. The highest BCUT2D eigenvalue weighted by Gasteiger charge is 2.33. The zero-order valence-electron chi connectivity index (χ0n) is 9.83. The Morgan fingerprint density at radius 1 is 1.62 bits per heavy atom. The highest BCUT2D eigenvalue weighted by Crippen LogP contribution is 2.36. The van der Waals surface area contributed by atoms with Gasteiger partial charge >= 0.3 is 0 Å². The van der Waals surface area contributed by atoms with Gasteiger partial charge in [0.25, 0.3) is 0 Å². The van der Waals surface area contributed by atoms with E-state index in [9.17, 15) is 0 Å². The quantitative estimate of drug-likeness (QED) is 0.861. The van der Waals surface area contributed by atoms with Crippen LogP contribution in [0, 0.1) is 12.3 Å². The summed E-state index contributed by atoms with van der Waals surface area (Å²) in [7, 11) is 0. The molecule has 1 aromatic rings. The predicted octanol–water partition coefficient (Wildman–Crippen LogP) is 2.22. The Kier molecular flexibility index (Phi) is 3.08. The van der Waals surface area contributed by atoms with Crippen molar-refractivity contribution in [3.63, 3.8) is 0 Å². The molecule has 16 heavy (non-hydrogen) atoms. The zero-order chi connectivity index (χ0) is 11.8. The molecule has 1 aliphatic heterocycles. The Labute approximate surface area is 102 Å². The van der Waals surface area contributed by atoms with Gasteiger partial charge in [-0.05, 0) is 31.4 Å². The van der Waals surface area contributed by atoms with Crippen molar-refractivity contribution < 1.29 is 0 Å². The van der Waals surface area contributed by atoms with Gasteiger partial charge in [-0.2, -0.15) is 0 Å². The molecule has 0 radical (unpaired) electrons. The van der Waals surface area contributed by atoms with Crippen molar-refractivity contribution >= 4 is 17.3 Å². The smallest absolute Gasteiger partial charge is 0.0851 e. The largest absolute Gasteiger partial charge is 0.370 e. The minimum atomic E-state index is 0.223. The lowest BCUT2D eigenvalue weighted by Crippen LogP contribution is -2.31. The minimum absolute atomic E-state index is 0.223. The number of pyridine rings is 1. The van der Waals surface area contributed by atoms with E-state index in [-0.39, 0.29) is 5.41 Å². The van der Waals surface area contributed by atoms with E-state index in [1.54, 1.807) is 0 Å². The SMILES string of the molecule is Cc1nccc(N2CCC(C)(CN)C2)c1Cl. The first kappa shape index (κ1) is 11.7. The lowest BCUT2D eigenvalue weighted by molar-refractivity contribution is 0.383.